The highest BCUT2D eigenvalue weighted by Gasteiger charge is 2.19. The number of hydrogen-bond acceptors (Lipinski definition) is 0. The zero-order chi connectivity index (χ0) is 11.6. The maximum Gasteiger partial charge on any atom is -0.0103 e. The molecular weight excluding hydrogens is 192 g/mol. The van der Waals surface area contributed by atoms with E-state index in [1.54, 1.807) is 0 Å². The lowest BCUT2D eigenvalue weighted by Crippen LogP contribution is -1.78. The van der Waals surface area contributed by atoms with Gasteiger partial charge in [0.2, 0.25) is 0 Å². The molecule has 0 N–H and O–H groups in total. The maximum atomic E-state index is 2.29. The molecule has 0 amide bonds. The molecule has 0 spiro atoms. The van der Waals surface area contributed by atoms with Gasteiger partial charge < -0.3 is 0 Å². The second kappa shape index (κ2) is 8.84. The Hall–Kier alpha value is -0.260. The lowest BCUT2D eigenvalue weighted by atomic mass is 10.1. The molecule has 0 aromatic carbocycles. The largest absolute Gasteiger partial charge is 0.0666 e. The van der Waals surface area contributed by atoms with Crippen LogP contribution in [0.2, 0.25) is 0 Å². The van der Waals surface area contributed by atoms with Crippen molar-refractivity contribution in [2.24, 2.45) is 0 Å². The van der Waals surface area contributed by atoms with Crippen molar-refractivity contribution < 1.29 is 0 Å². The van der Waals surface area contributed by atoms with E-state index >= 15 is 0 Å². The van der Waals surface area contributed by atoms with Gasteiger partial charge in [-0.1, -0.05) is 69.9 Å². The molecule has 0 aromatic heterocycles. The van der Waals surface area contributed by atoms with Crippen molar-refractivity contribution >= 4 is 0 Å². The first-order chi connectivity index (χ1) is 7.88. The van der Waals surface area contributed by atoms with Crippen molar-refractivity contribution in [2.45, 2.75) is 90.9 Å². The van der Waals surface area contributed by atoms with Gasteiger partial charge in [0.05, 0.1) is 0 Å². The topological polar surface area (TPSA) is 0 Å². The molecule has 0 atom stereocenters. The van der Waals surface area contributed by atoms with Crippen molar-refractivity contribution in [2.75, 3.05) is 0 Å². The van der Waals surface area contributed by atoms with Crippen LogP contribution >= 0.6 is 0 Å². The van der Waals surface area contributed by atoms with E-state index in [9.17, 15) is 0 Å². The Balaban J connectivity index is 1.87. The van der Waals surface area contributed by atoms with Crippen LogP contribution in [-0.4, -0.2) is 0 Å². The second-order valence-electron chi connectivity index (χ2n) is 5.36. The molecule has 1 aliphatic carbocycles. The minimum absolute atomic E-state index is 1.36. The van der Waals surface area contributed by atoms with Crippen molar-refractivity contribution in [3.05, 3.63) is 11.1 Å². The number of allylic oxidation sites excluding steroid dienone is 2. The van der Waals surface area contributed by atoms with Crippen LogP contribution in [0.15, 0.2) is 11.1 Å². The molecule has 0 unspecified atom stereocenters. The van der Waals surface area contributed by atoms with E-state index in [0.717, 1.165) is 0 Å². The molecule has 0 nitrogen and oxygen atoms in total. The maximum absolute atomic E-state index is 2.29. The fraction of sp³-hybridized carbons (Fsp3) is 0.875. The monoisotopic (exact) mass is 222 g/mol. The molecule has 0 heteroatoms. The van der Waals surface area contributed by atoms with E-state index in [2.05, 4.69) is 13.8 Å². The first-order valence-corrected chi connectivity index (χ1v) is 7.58. The van der Waals surface area contributed by atoms with Crippen LogP contribution in [0.3, 0.4) is 0 Å². The lowest BCUT2D eigenvalue weighted by molar-refractivity contribution is 0.608. The normalized spacial score (nSPS) is 14.6. The molecule has 0 radical (unpaired) electrons. The van der Waals surface area contributed by atoms with Gasteiger partial charge in [-0.05, 0) is 32.1 Å². The number of hydrogen-bond donors (Lipinski definition) is 0. The van der Waals surface area contributed by atoms with Crippen molar-refractivity contribution in [1.29, 1.82) is 0 Å². The second-order valence-corrected chi connectivity index (χ2v) is 5.36. The first kappa shape index (κ1) is 13.8. The van der Waals surface area contributed by atoms with Gasteiger partial charge in [0, 0.05) is 0 Å². The van der Waals surface area contributed by atoms with Gasteiger partial charge in [0.25, 0.3) is 0 Å². The Bertz CT molecular complexity index is 200. The minimum Gasteiger partial charge on any atom is -0.0666 e. The number of rotatable bonds is 11. The molecule has 0 fully saturated rings. The molecule has 0 aromatic rings. The quantitative estimate of drug-likeness (QED) is 0.296. The molecule has 0 heterocycles. The van der Waals surface area contributed by atoms with Crippen LogP contribution in [-0.2, 0) is 0 Å². The third-order valence-electron chi connectivity index (χ3n) is 3.72. The summed E-state index contributed by atoms with van der Waals surface area (Å²) < 4.78 is 0. The molecule has 0 saturated carbocycles. The van der Waals surface area contributed by atoms with E-state index in [-0.39, 0.29) is 0 Å². The molecule has 0 saturated heterocycles. The van der Waals surface area contributed by atoms with Gasteiger partial charge in [-0.25, -0.2) is 0 Å². The highest BCUT2D eigenvalue weighted by Crippen LogP contribution is 2.38. The van der Waals surface area contributed by atoms with Crippen molar-refractivity contribution in [3.8, 4) is 0 Å². The molecule has 16 heavy (non-hydrogen) atoms. The highest BCUT2D eigenvalue weighted by molar-refractivity contribution is 5.34. The summed E-state index contributed by atoms with van der Waals surface area (Å²) in [6.07, 6.45) is 17.1. The average molecular weight is 222 g/mol. The van der Waals surface area contributed by atoms with Crippen LogP contribution in [0.25, 0.3) is 0 Å². The molecule has 94 valence electrons. The SMILES string of the molecule is CCCCCCCCC1=C(CCCCC)C1. The Morgan fingerprint density at radius 1 is 0.625 bits per heavy atom. The molecule has 0 aliphatic heterocycles. The molecular formula is C16H30. The van der Waals surface area contributed by atoms with Crippen molar-refractivity contribution in [1.82, 2.24) is 0 Å². The van der Waals surface area contributed by atoms with Crippen LogP contribution in [0.5, 0.6) is 0 Å². The summed E-state index contributed by atoms with van der Waals surface area (Å²) in [5.41, 5.74) is 3.65. The molecule has 0 bridgehead atoms. The van der Waals surface area contributed by atoms with Crippen molar-refractivity contribution in [3.63, 3.8) is 0 Å². The highest BCUT2D eigenvalue weighted by atomic mass is 14.2. The Labute approximate surface area is 103 Å². The van der Waals surface area contributed by atoms with Crippen LogP contribution < -0.4 is 0 Å². The van der Waals surface area contributed by atoms with Gasteiger partial charge in [-0.2, -0.15) is 0 Å². The Morgan fingerprint density at radius 3 is 1.69 bits per heavy atom. The average Bonchev–Trinajstić information content (AvgIpc) is 3.03. The summed E-state index contributed by atoms with van der Waals surface area (Å²) >= 11 is 0. The minimum atomic E-state index is 1.36. The molecule has 1 aliphatic rings. The fourth-order valence-electron chi connectivity index (χ4n) is 2.45. The van der Waals surface area contributed by atoms with Gasteiger partial charge in [-0.3, -0.25) is 0 Å². The summed E-state index contributed by atoms with van der Waals surface area (Å²) in [4.78, 5) is 0. The Morgan fingerprint density at radius 2 is 1.06 bits per heavy atom. The predicted octanol–water partition coefficient (Wildman–Crippen LogP) is 6.02. The molecule has 1 rings (SSSR count). The summed E-state index contributed by atoms with van der Waals surface area (Å²) in [6.45, 7) is 4.58. The fourth-order valence-corrected chi connectivity index (χ4v) is 2.45. The van der Waals surface area contributed by atoms with E-state index in [0.29, 0.717) is 0 Å². The van der Waals surface area contributed by atoms with Gasteiger partial charge in [-0.15, -0.1) is 0 Å². The lowest BCUT2D eigenvalue weighted by Gasteiger charge is -1.97. The summed E-state index contributed by atoms with van der Waals surface area (Å²) in [7, 11) is 0. The van der Waals surface area contributed by atoms with E-state index in [4.69, 9.17) is 0 Å². The van der Waals surface area contributed by atoms with Crippen LogP contribution in [0.1, 0.15) is 90.9 Å². The Kier molecular flexibility index (Phi) is 7.63. The third kappa shape index (κ3) is 6.35. The standard InChI is InChI=1S/C16H30/c1-3-5-7-8-9-11-13-16-14-15(16)12-10-6-4-2/h3-14H2,1-2H3. The van der Waals surface area contributed by atoms with E-state index in [1.165, 1.54) is 77.0 Å². The number of unbranched alkanes of at least 4 members (excludes halogenated alkanes) is 7. The summed E-state index contributed by atoms with van der Waals surface area (Å²) in [6, 6.07) is 0. The van der Waals surface area contributed by atoms with Gasteiger partial charge >= 0.3 is 0 Å². The predicted molar refractivity (Wildman–Crippen MR) is 73.8 cm³/mol. The zero-order valence-electron chi connectivity index (χ0n) is 11.5. The third-order valence-corrected chi connectivity index (χ3v) is 3.72. The first-order valence-electron chi connectivity index (χ1n) is 7.58. The smallest absolute Gasteiger partial charge is 0.0103 e. The summed E-state index contributed by atoms with van der Waals surface area (Å²) in [5, 5.41) is 0. The van der Waals surface area contributed by atoms with Crippen LogP contribution in [0, 0.1) is 0 Å². The zero-order valence-corrected chi connectivity index (χ0v) is 11.5. The van der Waals surface area contributed by atoms with E-state index in [1.807, 2.05) is 11.1 Å². The van der Waals surface area contributed by atoms with Crippen LogP contribution in [0.4, 0.5) is 0 Å². The van der Waals surface area contributed by atoms with Gasteiger partial charge in [0.15, 0.2) is 0 Å². The van der Waals surface area contributed by atoms with E-state index < -0.39 is 0 Å². The van der Waals surface area contributed by atoms with Gasteiger partial charge in [0.1, 0.15) is 0 Å². The summed E-state index contributed by atoms with van der Waals surface area (Å²) in [5.74, 6) is 0.